The maximum Gasteiger partial charge on any atom is 0.239 e. The summed E-state index contributed by atoms with van der Waals surface area (Å²) in [4.78, 5) is 17.0. The summed E-state index contributed by atoms with van der Waals surface area (Å²) in [6.07, 6.45) is 5.45. The topological polar surface area (TPSA) is 35.6 Å². The van der Waals surface area contributed by atoms with Crippen molar-refractivity contribution in [3.8, 4) is 0 Å². The second-order valence-electron chi connectivity index (χ2n) is 6.91. The van der Waals surface area contributed by atoms with Gasteiger partial charge in [0.15, 0.2) is 0 Å². The van der Waals surface area contributed by atoms with Crippen LogP contribution in [0.1, 0.15) is 31.2 Å². The Morgan fingerprint density at radius 1 is 1.22 bits per heavy atom. The van der Waals surface area contributed by atoms with Crippen molar-refractivity contribution in [2.75, 3.05) is 33.2 Å². The molecule has 0 aromatic heterocycles. The molecule has 0 radical (unpaired) electrons. The minimum atomic E-state index is 0.0658. The van der Waals surface area contributed by atoms with Gasteiger partial charge in [-0.2, -0.15) is 0 Å². The fourth-order valence-electron chi connectivity index (χ4n) is 3.78. The molecule has 2 saturated heterocycles. The molecule has 23 heavy (non-hydrogen) atoms. The molecule has 2 fully saturated rings. The molecule has 4 nitrogen and oxygen atoms in total. The van der Waals surface area contributed by atoms with Crippen molar-refractivity contribution in [2.45, 2.75) is 44.2 Å². The largest absolute Gasteiger partial charge is 0.341 e. The van der Waals surface area contributed by atoms with Gasteiger partial charge in [-0.1, -0.05) is 30.3 Å². The van der Waals surface area contributed by atoms with E-state index in [1.54, 1.807) is 0 Å². The molecule has 0 unspecified atom stereocenters. The molecule has 2 aliphatic heterocycles. The summed E-state index contributed by atoms with van der Waals surface area (Å²) in [5.41, 5.74) is 1.41. The molecule has 1 aromatic rings. The Morgan fingerprint density at radius 3 is 2.61 bits per heavy atom. The zero-order chi connectivity index (χ0) is 16.1. The fraction of sp³-hybridized carbons (Fsp3) is 0.632. The van der Waals surface area contributed by atoms with Gasteiger partial charge in [-0.3, -0.25) is 4.79 Å². The Morgan fingerprint density at radius 2 is 1.96 bits per heavy atom. The Balaban J connectivity index is 1.42. The first kappa shape index (κ1) is 16.5. The highest BCUT2D eigenvalue weighted by molar-refractivity contribution is 5.82. The number of benzene rings is 1. The molecule has 0 bridgehead atoms. The van der Waals surface area contributed by atoms with E-state index in [9.17, 15) is 4.79 Å². The Labute approximate surface area is 139 Å². The highest BCUT2D eigenvalue weighted by atomic mass is 16.2. The van der Waals surface area contributed by atoms with E-state index in [1.807, 2.05) is 11.9 Å². The van der Waals surface area contributed by atoms with Crippen molar-refractivity contribution in [3.05, 3.63) is 35.9 Å². The predicted molar refractivity (Wildman–Crippen MR) is 93.4 cm³/mol. The van der Waals surface area contributed by atoms with Gasteiger partial charge in [-0.15, -0.1) is 0 Å². The van der Waals surface area contributed by atoms with Crippen molar-refractivity contribution in [2.24, 2.45) is 0 Å². The lowest BCUT2D eigenvalue weighted by Crippen LogP contribution is -2.50. The third kappa shape index (κ3) is 4.33. The van der Waals surface area contributed by atoms with E-state index >= 15 is 0 Å². The molecular formula is C19H29N3O. The van der Waals surface area contributed by atoms with Gasteiger partial charge in [-0.25, -0.2) is 0 Å². The smallest absolute Gasteiger partial charge is 0.239 e. The highest BCUT2D eigenvalue weighted by Crippen LogP contribution is 2.18. The van der Waals surface area contributed by atoms with Gasteiger partial charge in [-0.05, 0) is 44.2 Å². The lowest BCUT2D eigenvalue weighted by atomic mass is 10.0. The van der Waals surface area contributed by atoms with Crippen molar-refractivity contribution < 1.29 is 4.79 Å². The second-order valence-corrected chi connectivity index (χ2v) is 6.91. The molecule has 2 aliphatic rings. The molecule has 1 N–H and O–H groups in total. The fourth-order valence-corrected chi connectivity index (χ4v) is 3.78. The minimum absolute atomic E-state index is 0.0658. The summed E-state index contributed by atoms with van der Waals surface area (Å²) in [6.45, 7) is 4.32. The number of amides is 1. The molecule has 126 valence electrons. The highest BCUT2D eigenvalue weighted by Gasteiger charge is 2.30. The average molecular weight is 315 g/mol. The maximum absolute atomic E-state index is 12.5. The van der Waals surface area contributed by atoms with E-state index in [0.717, 1.165) is 58.3 Å². The van der Waals surface area contributed by atoms with Crippen LogP contribution in [0.15, 0.2) is 30.3 Å². The number of piperidine rings is 1. The molecule has 1 atom stereocenters. The van der Waals surface area contributed by atoms with Crippen LogP contribution in [0.25, 0.3) is 0 Å². The Kier molecular flexibility index (Phi) is 5.68. The van der Waals surface area contributed by atoms with Crippen LogP contribution in [0.3, 0.4) is 0 Å². The van der Waals surface area contributed by atoms with Gasteiger partial charge < -0.3 is 15.1 Å². The predicted octanol–water partition coefficient (Wildman–Crippen LogP) is 1.90. The number of nitrogens with one attached hydrogen (secondary N) is 1. The molecule has 0 saturated carbocycles. The van der Waals surface area contributed by atoms with Gasteiger partial charge in [0.25, 0.3) is 0 Å². The van der Waals surface area contributed by atoms with Gasteiger partial charge in [0.05, 0.1) is 6.04 Å². The maximum atomic E-state index is 12.5. The van der Waals surface area contributed by atoms with E-state index in [2.05, 4.69) is 40.5 Å². The summed E-state index contributed by atoms with van der Waals surface area (Å²) in [5.74, 6) is 0.297. The first-order chi connectivity index (χ1) is 11.2. The van der Waals surface area contributed by atoms with Crippen LogP contribution >= 0.6 is 0 Å². The zero-order valence-electron chi connectivity index (χ0n) is 14.2. The SMILES string of the molecule is CN(C(=O)[C@@H]1CCCN1)C1CCN(CCc2ccccc2)CC1. The number of carbonyl (C=O) groups is 1. The van der Waals surface area contributed by atoms with Gasteiger partial charge in [0, 0.05) is 32.7 Å². The number of nitrogens with zero attached hydrogens (tertiary/aromatic N) is 2. The molecule has 3 rings (SSSR count). The minimum Gasteiger partial charge on any atom is -0.341 e. The van der Waals surface area contributed by atoms with Crippen LogP contribution in [-0.2, 0) is 11.2 Å². The molecule has 0 aliphatic carbocycles. The molecule has 1 amide bonds. The summed E-state index contributed by atoms with van der Waals surface area (Å²) in [7, 11) is 1.99. The summed E-state index contributed by atoms with van der Waals surface area (Å²) in [6, 6.07) is 11.2. The van der Waals surface area contributed by atoms with Crippen molar-refractivity contribution in [1.82, 2.24) is 15.1 Å². The summed E-state index contributed by atoms with van der Waals surface area (Å²) in [5, 5.41) is 3.32. The Bertz CT molecular complexity index is 491. The third-order valence-corrected chi connectivity index (χ3v) is 5.37. The van der Waals surface area contributed by atoms with Crippen LogP contribution < -0.4 is 5.32 Å². The molecule has 2 heterocycles. The van der Waals surface area contributed by atoms with Crippen molar-refractivity contribution in [3.63, 3.8) is 0 Å². The van der Waals surface area contributed by atoms with E-state index in [1.165, 1.54) is 5.56 Å². The average Bonchev–Trinajstić information content (AvgIpc) is 3.15. The van der Waals surface area contributed by atoms with Crippen molar-refractivity contribution in [1.29, 1.82) is 0 Å². The molecular weight excluding hydrogens is 286 g/mol. The van der Waals surface area contributed by atoms with Crippen LogP contribution in [0.4, 0.5) is 0 Å². The van der Waals surface area contributed by atoms with Crippen molar-refractivity contribution >= 4 is 5.91 Å². The standard InChI is InChI=1S/C19H29N3O/c1-21(19(23)18-8-5-12-20-18)17-10-14-22(15-11-17)13-9-16-6-3-2-4-7-16/h2-4,6-7,17-18,20H,5,8-15H2,1H3/t18-/m0/s1. The van der Waals surface area contributed by atoms with Crippen LogP contribution in [0, 0.1) is 0 Å². The molecule has 1 aromatic carbocycles. The normalized spacial score (nSPS) is 23.1. The second kappa shape index (κ2) is 7.93. The van der Waals surface area contributed by atoms with Crippen LogP contribution in [0.2, 0.25) is 0 Å². The van der Waals surface area contributed by atoms with E-state index in [-0.39, 0.29) is 6.04 Å². The van der Waals surface area contributed by atoms with E-state index in [4.69, 9.17) is 0 Å². The lowest BCUT2D eigenvalue weighted by molar-refractivity contribution is -0.134. The van der Waals surface area contributed by atoms with Gasteiger partial charge in [0.2, 0.25) is 5.91 Å². The first-order valence-electron chi connectivity index (χ1n) is 9.00. The zero-order valence-corrected chi connectivity index (χ0v) is 14.2. The number of likely N-dealkylation sites (N-methyl/N-ethyl adjacent to an activating group) is 1. The van der Waals surface area contributed by atoms with E-state index < -0.39 is 0 Å². The van der Waals surface area contributed by atoms with Crippen LogP contribution in [0.5, 0.6) is 0 Å². The number of hydrogen-bond donors (Lipinski definition) is 1. The summed E-state index contributed by atoms with van der Waals surface area (Å²) >= 11 is 0. The molecule has 0 spiro atoms. The lowest BCUT2D eigenvalue weighted by Gasteiger charge is -2.37. The number of likely N-dealkylation sites (tertiary alicyclic amines) is 1. The first-order valence-corrected chi connectivity index (χ1v) is 9.00. The summed E-state index contributed by atoms with van der Waals surface area (Å²) < 4.78 is 0. The number of hydrogen-bond acceptors (Lipinski definition) is 3. The quantitative estimate of drug-likeness (QED) is 0.901. The Hall–Kier alpha value is -1.39. The monoisotopic (exact) mass is 315 g/mol. The van der Waals surface area contributed by atoms with Crippen LogP contribution in [-0.4, -0.2) is 61.0 Å². The number of carbonyl (C=O) groups excluding carboxylic acids is 1. The van der Waals surface area contributed by atoms with E-state index in [0.29, 0.717) is 11.9 Å². The third-order valence-electron chi connectivity index (χ3n) is 5.37. The number of rotatable bonds is 5. The van der Waals surface area contributed by atoms with Gasteiger partial charge in [0.1, 0.15) is 0 Å². The molecule has 4 heteroatoms. The van der Waals surface area contributed by atoms with Gasteiger partial charge >= 0.3 is 0 Å².